The Morgan fingerprint density at radius 3 is 0.963 bits per heavy atom. The summed E-state index contributed by atoms with van der Waals surface area (Å²) in [6, 6.07) is 62.8. The molecule has 0 spiro atoms. The molecule has 0 amide bonds. The van der Waals surface area contributed by atoms with E-state index in [9.17, 15) is 0 Å². The van der Waals surface area contributed by atoms with Gasteiger partial charge in [-0.3, -0.25) is 0 Å². The van der Waals surface area contributed by atoms with Gasteiger partial charge in [0, 0.05) is 14.2 Å². The van der Waals surface area contributed by atoms with Crippen LogP contribution in [0.25, 0.3) is 0 Å². The molecule has 1 fully saturated rings. The number of rotatable bonds is 11. The first-order valence-electron chi connectivity index (χ1n) is 18.1. The summed E-state index contributed by atoms with van der Waals surface area (Å²) in [7, 11) is 5.58. The first-order chi connectivity index (χ1) is 26.5. The molecule has 1 aliphatic rings. The van der Waals surface area contributed by atoms with E-state index in [0.29, 0.717) is 0 Å². The second kappa shape index (κ2) is 18.9. The van der Waals surface area contributed by atoms with Crippen molar-refractivity contribution in [3.8, 4) is 0 Å². The molecule has 0 saturated carbocycles. The van der Waals surface area contributed by atoms with E-state index in [-0.39, 0.29) is 12.1 Å². The van der Waals surface area contributed by atoms with Gasteiger partial charge in [-0.25, -0.2) is 0 Å². The van der Waals surface area contributed by atoms with Crippen LogP contribution in [0.4, 0.5) is 0 Å². The van der Waals surface area contributed by atoms with Crippen LogP contribution in [0.5, 0.6) is 0 Å². The SMILES string of the molecule is CO[C@@H]1[C@@H](OC)C(c2ccccc2)(c2ccccc2)O[PH+](N([C@H](C)c2ccccc2)[C@H](C)c2ccccc2)OC1(c1ccccc1)c1ccccc1.[Cl][Au]. The summed E-state index contributed by atoms with van der Waals surface area (Å²) in [6.07, 6.45) is -1.35. The molecule has 282 valence electrons. The quantitative estimate of drug-likeness (QED) is 0.0956. The van der Waals surface area contributed by atoms with Crippen molar-refractivity contribution in [3.63, 3.8) is 0 Å². The molecular weight excluding hydrogens is 894 g/mol. The molecule has 1 saturated heterocycles. The first kappa shape index (κ1) is 40.2. The summed E-state index contributed by atoms with van der Waals surface area (Å²) >= 11 is 1.75. The topological polar surface area (TPSA) is 40.2 Å². The Kier molecular flexibility index (Phi) is 14.1. The predicted octanol–water partition coefficient (Wildman–Crippen LogP) is 11.4. The zero-order valence-electron chi connectivity index (χ0n) is 30.9. The molecule has 0 radical (unpaired) electrons. The Morgan fingerprint density at radius 2 is 0.722 bits per heavy atom. The van der Waals surface area contributed by atoms with E-state index in [1.807, 2.05) is 24.3 Å². The van der Waals surface area contributed by atoms with Crippen LogP contribution >= 0.6 is 17.7 Å². The van der Waals surface area contributed by atoms with Gasteiger partial charge in [0.05, 0.1) is 12.1 Å². The van der Waals surface area contributed by atoms with E-state index >= 15 is 0 Å². The third-order valence-corrected chi connectivity index (χ3v) is 12.7. The maximum absolute atomic E-state index is 7.95. The molecule has 6 aromatic carbocycles. The summed E-state index contributed by atoms with van der Waals surface area (Å²) < 4.78 is 31.9. The molecule has 1 heterocycles. The summed E-state index contributed by atoms with van der Waals surface area (Å²) in [4.78, 5) is 0. The molecule has 8 heteroatoms. The Bertz CT molecular complexity index is 1760. The van der Waals surface area contributed by atoms with Crippen molar-refractivity contribution in [3.05, 3.63) is 215 Å². The van der Waals surface area contributed by atoms with Crippen LogP contribution < -0.4 is 0 Å². The molecule has 0 unspecified atom stereocenters. The monoisotopic (exact) mass is 940 g/mol. The summed E-state index contributed by atoms with van der Waals surface area (Å²) in [6.45, 7) is 4.51. The van der Waals surface area contributed by atoms with Gasteiger partial charge in [0.15, 0.2) is 11.2 Å². The fourth-order valence-electron chi connectivity index (χ4n) is 7.93. The Labute approximate surface area is 337 Å². The maximum atomic E-state index is 7.95. The first-order valence-corrected chi connectivity index (χ1v) is 22.0. The Morgan fingerprint density at radius 1 is 0.481 bits per heavy atom. The molecule has 6 aromatic rings. The van der Waals surface area contributed by atoms with E-state index in [4.69, 9.17) is 18.5 Å². The van der Waals surface area contributed by atoms with Crippen molar-refractivity contribution in [2.24, 2.45) is 0 Å². The second-order valence-electron chi connectivity index (χ2n) is 13.3. The van der Waals surface area contributed by atoms with E-state index in [1.165, 1.54) is 11.1 Å². The number of hydrogen-bond acceptors (Lipinski definition) is 5. The molecule has 4 atom stereocenters. The van der Waals surface area contributed by atoms with Gasteiger partial charge in [-0.15, -0.1) is 4.67 Å². The van der Waals surface area contributed by atoms with Crippen LogP contribution in [-0.2, 0) is 49.7 Å². The molecule has 0 aliphatic carbocycles. The molecule has 7 rings (SSSR count). The zero-order chi connectivity index (χ0) is 38.0. The van der Waals surface area contributed by atoms with E-state index < -0.39 is 31.9 Å². The van der Waals surface area contributed by atoms with E-state index in [1.54, 1.807) is 34.2 Å². The number of hydrogen-bond donors (Lipinski definition) is 0. The second-order valence-corrected chi connectivity index (χ2v) is 14.8. The standard InChI is InChI=1S/C46H46NO4P.Au.ClH/c1-35(37-23-11-5-12-24-37)47(36(2)38-25-13-6-14-26-38)52-50-45(39-27-15-7-16-28-39,40-29-17-8-18-30-40)43(48-3)44(49-4)46(51-52,41-31-19-9-20-32-41)42-33-21-10-22-34-42;;/h5-36,43-44H,1-4H3;;1H/q;+1;/t35-,36-,43-,44-;;/m1../s1. The van der Waals surface area contributed by atoms with Gasteiger partial charge >= 0.3 is 37.7 Å². The van der Waals surface area contributed by atoms with Crippen LogP contribution in [0.2, 0.25) is 0 Å². The molecule has 5 nitrogen and oxygen atoms in total. The average Bonchev–Trinajstić information content (AvgIpc) is 3.39. The van der Waals surface area contributed by atoms with Gasteiger partial charge in [-0.1, -0.05) is 182 Å². The predicted molar refractivity (Wildman–Crippen MR) is 217 cm³/mol. The van der Waals surface area contributed by atoms with Crippen LogP contribution in [0.15, 0.2) is 182 Å². The van der Waals surface area contributed by atoms with E-state index in [2.05, 4.69) is 185 Å². The van der Waals surface area contributed by atoms with Crippen molar-refractivity contribution in [2.45, 2.75) is 49.3 Å². The van der Waals surface area contributed by atoms with Crippen molar-refractivity contribution < 1.29 is 38.5 Å². The molecule has 0 aromatic heterocycles. The molecule has 1 aliphatic heterocycles. The molecular formula is C46H47AuClNO4P+. The van der Waals surface area contributed by atoms with E-state index in [0.717, 1.165) is 22.3 Å². The Balaban J connectivity index is 0.00000245. The van der Waals surface area contributed by atoms with Crippen LogP contribution in [0.1, 0.15) is 59.3 Å². The van der Waals surface area contributed by atoms with Crippen LogP contribution in [0, 0.1) is 0 Å². The van der Waals surface area contributed by atoms with Gasteiger partial charge in [0.25, 0.3) is 0 Å². The van der Waals surface area contributed by atoms with Crippen LogP contribution in [-0.4, -0.2) is 31.1 Å². The number of halogens is 1. The van der Waals surface area contributed by atoms with Crippen molar-refractivity contribution in [1.29, 1.82) is 0 Å². The fourth-order valence-corrected chi connectivity index (χ4v) is 10.4. The third-order valence-electron chi connectivity index (χ3n) is 10.5. The summed E-state index contributed by atoms with van der Waals surface area (Å²) in [5.74, 6) is 0. The number of methoxy groups -OCH3 is 2. The Hall–Kier alpha value is -3.42. The molecule has 0 N–H and O–H groups in total. The van der Waals surface area contributed by atoms with Crippen molar-refractivity contribution in [1.82, 2.24) is 4.67 Å². The average molecular weight is 941 g/mol. The van der Waals surface area contributed by atoms with Gasteiger partial charge < -0.3 is 9.47 Å². The van der Waals surface area contributed by atoms with Crippen LogP contribution in [0.3, 0.4) is 0 Å². The number of benzene rings is 6. The van der Waals surface area contributed by atoms with Gasteiger partial charge in [0.2, 0.25) is 0 Å². The summed E-state index contributed by atoms with van der Waals surface area (Å²) in [5.41, 5.74) is 3.86. The number of nitrogens with zero attached hydrogens (tertiary/aromatic N) is 1. The molecule has 54 heavy (non-hydrogen) atoms. The number of ether oxygens (including phenoxy) is 2. The normalized spacial score (nSPS) is 19.2. The third kappa shape index (κ3) is 7.82. The minimum absolute atomic E-state index is 0.0983. The molecule has 0 bridgehead atoms. The summed E-state index contributed by atoms with van der Waals surface area (Å²) in [5, 5.41) is 0. The zero-order valence-corrected chi connectivity index (χ0v) is 34.8. The minimum atomic E-state index is -2.53. The van der Waals surface area contributed by atoms with Gasteiger partial charge in [0.1, 0.15) is 12.2 Å². The van der Waals surface area contributed by atoms with Gasteiger partial charge in [-0.05, 0) is 47.2 Å². The van der Waals surface area contributed by atoms with Gasteiger partial charge in [-0.2, -0.15) is 9.05 Å². The van der Waals surface area contributed by atoms with Crippen molar-refractivity contribution in [2.75, 3.05) is 14.2 Å². The fraction of sp³-hybridized carbons (Fsp3) is 0.217. The van der Waals surface area contributed by atoms with Crippen molar-refractivity contribution >= 4 is 17.7 Å².